The topological polar surface area (TPSA) is 183 Å². The largest absolute Gasteiger partial charge is 0.432 e. The lowest BCUT2D eigenvalue weighted by atomic mass is 9.82. The Balaban J connectivity index is 1.20. The molecule has 0 aliphatic carbocycles. The summed E-state index contributed by atoms with van der Waals surface area (Å²) in [5.41, 5.74) is 2.45. The molecule has 3 saturated heterocycles. The summed E-state index contributed by atoms with van der Waals surface area (Å²) in [6.07, 6.45) is 5.78. The minimum Gasteiger partial charge on any atom is -0.432 e. The smallest absolute Gasteiger partial charge is 0.264 e. The number of aryl methyl sites for hydroxylation is 1. The zero-order valence-corrected chi connectivity index (χ0v) is 32.5. The molecule has 1 aromatic heterocycles. The molecule has 3 amide bonds. The number of hydrogen-bond donors (Lipinski definition) is 6. The predicted molar refractivity (Wildman–Crippen MR) is 207 cm³/mol. The molecule has 4 aliphatic rings. The van der Waals surface area contributed by atoms with Gasteiger partial charge >= 0.3 is 0 Å². The first kappa shape index (κ1) is 38.3. The molecule has 5 heterocycles. The van der Waals surface area contributed by atoms with Gasteiger partial charge < -0.3 is 40.8 Å². The molecule has 6 N–H and O–H groups in total. The number of piperidine rings is 2. The van der Waals surface area contributed by atoms with Crippen molar-refractivity contribution in [3.8, 4) is 0 Å². The summed E-state index contributed by atoms with van der Waals surface area (Å²) in [5, 5.41) is 30.5. The minimum atomic E-state index is -2.93. The molecule has 14 nitrogen and oxygen atoms in total. The second kappa shape index (κ2) is 16.0. The molecule has 0 bridgehead atoms. The van der Waals surface area contributed by atoms with Crippen LogP contribution in [0.5, 0.6) is 0 Å². The molecule has 290 valence electrons. The fourth-order valence-corrected chi connectivity index (χ4v) is 11.7. The Kier molecular flexibility index (Phi) is 11.3. The van der Waals surface area contributed by atoms with E-state index in [9.17, 15) is 19.5 Å². The highest BCUT2D eigenvalue weighted by atomic mass is 28.4. The zero-order valence-electron chi connectivity index (χ0n) is 31.5. The van der Waals surface area contributed by atoms with Crippen LogP contribution in [0.15, 0.2) is 48.7 Å². The van der Waals surface area contributed by atoms with Crippen LogP contribution in [-0.4, -0.2) is 89.8 Å². The van der Waals surface area contributed by atoms with Gasteiger partial charge in [-0.2, -0.15) is 0 Å². The molecule has 3 fully saturated rings. The van der Waals surface area contributed by atoms with Crippen LogP contribution >= 0.6 is 0 Å². The van der Waals surface area contributed by atoms with Crippen molar-refractivity contribution in [2.24, 2.45) is 17.8 Å². The summed E-state index contributed by atoms with van der Waals surface area (Å²) < 4.78 is 8.78. The first-order chi connectivity index (χ1) is 26.0. The number of hydrogen-bond acceptors (Lipinski definition) is 10. The van der Waals surface area contributed by atoms with Gasteiger partial charge in [0, 0.05) is 67.3 Å². The number of aliphatic hydroxyl groups is 1. The number of carbonyl (C=O) groups is 3. The molecule has 7 rings (SSSR count). The van der Waals surface area contributed by atoms with Gasteiger partial charge in [-0.15, -0.1) is 5.10 Å². The monoisotopic (exact) mass is 758 g/mol. The van der Waals surface area contributed by atoms with Crippen LogP contribution in [0, 0.1) is 17.8 Å². The summed E-state index contributed by atoms with van der Waals surface area (Å²) in [7, 11) is -2.93. The lowest BCUT2D eigenvalue weighted by molar-refractivity contribution is -0.146. The van der Waals surface area contributed by atoms with Crippen LogP contribution in [0.3, 0.4) is 0 Å². The van der Waals surface area contributed by atoms with Crippen LogP contribution in [0.4, 0.5) is 17.1 Å². The van der Waals surface area contributed by atoms with Crippen molar-refractivity contribution in [2.45, 2.75) is 88.9 Å². The van der Waals surface area contributed by atoms with Crippen LogP contribution in [-0.2, 0) is 44.2 Å². The number of amides is 3. The van der Waals surface area contributed by atoms with Gasteiger partial charge in [0.2, 0.25) is 11.8 Å². The number of benzene rings is 2. The van der Waals surface area contributed by atoms with Gasteiger partial charge in [-0.05, 0) is 94.2 Å². The third-order valence-corrected chi connectivity index (χ3v) is 14.2. The number of nitrogens with one attached hydrogen (secondary N) is 4. The minimum absolute atomic E-state index is 0.0176. The number of ether oxygens (including phenoxy) is 1. The summed E-state index contributed by atoms with van der Waals surface area (Å²) in [5.74, 6) is -0.928. The molecule has 15 heteroatoms. The van der Waals surface area contributed by atoms with E-state index in [-0.39, 0.29) is 48.3 Å². The molecule has 54 heavy (non-hydrogen) atoms. The maximum Gasteiger partial charge on any atom is 0.264 e. The van der Waals surface area contributed by atoms with Crippen molar-refractivity contribution in [2.75, 3.05) is 48.3 Å². The number of nitrogens with zero attached hydrogens (tertiary/aromatic N) is 4. The van der Waals surface area contributed by atoms with Gasteiger partial charge in [0.15, 0.2) is 13.9 Å². The summed E-state index contributed by atoms with van der Waals surface area (Å²) in [6.45, 7) is 9.58. The van der Waals surface area contributed by atoms with Crippen molar-refractivity contribution < 1.29 is 29.0 Å². The maximum absolute atomic E-state index is 15.1. The number of aromatic nitrogens is 3. The average molecular weight is 759 g/mol. The van der Waals surface area contributed by atoms with Gasteiger partial charge in [0.05, 0.1) is 35.9 Å². The SMILES string of the molecule is C[C@@H]1[C@@H]([Si](C)(C)O)[C@H](CCn2cc(CCO)nn2)O[C@@]12C(=O)N(Cc1cccc(NC(=O)C3CCCNC3)c1)c1ccc(NC(=O)C3CCCNC3)cc12. The number of anilines is 3. The molecular weight excluding hydrogens is 705 g/mol. The van der Waals surface area contributed by atoms with Crippen molar-refractivity contribution >= 4 is 43.1 Å². The molecular formula is C39H54N8O6Si. The highest BCUT2D eigenvalue weighted by Crippen LogP contribution is 2.60. The quantitative estimate of drug-likeness (QED) is 0.150. The van der Waals surface area contributed by atoms with Crippen LogP contribution in [0.1, 0.15) is 55.8 Å². The van der Waals surface area contributed by atoms with E-state index in [2.05, 4.69) is 31.6 Å². The van der Waals surface area contributed by atoms with E-state index in [1.54, 1.807) is 15.8 Å². The van der Waals surface area contributed by atoms with Crippen LogP contribution in [0.2, 0.25) is 18.6 Å². The Hall–Kier alpha value is -3.99. The van der Waals surface area contributed by atoms with E-state index >= 15 is 4.79 Å². The lowest BCUT2D eigenvalue weighted by Crippen LogP contribution is -2.46. The fourth-order valence-electron chi connectivity index (χ4n) is 9.09. The molecule has 2 unspecified atom stereocenters. The Morgan fingerprint density at radius 2 is 1.70 bits per heavy atom. The van der Waals surface area contributed by atoms with Crippen molar-refractivity contribution in [3.05, 3.63) is 65.5 Å². The summed E-state index contributed by atoms with van der Waals surface area (Å²) >= 11 is 0. The van der Waals surface area contributed by atoms with Gasteiger partial charge in [0.1, 0.15) is 0 Å². The van der Waals surface area contributed by atoms with E-state index in [1.807, 2.05) is 62.5 Å². The summed E-state index contributed by atoms with van der Waals surface area (Å²) in [4.78, 5) is 55.1. The fraction of sp³-hybridized carbons (Fsp3) is 0.564. The Morgan fingerprint density at radius 3 is 2.33 bits per heavy atom. The standard InChI is InChI=1S/C39H54N8O6Si/c1-25-35(54(2,3)52)34(13-17-46-24-31(14-18-48)44-45-46)53-39(25)32-20-30(43-37(50)28-9-6-16-41-22-28)11-12-33(32)47(38(39)51)23-26-7-4-10-29(19-26)42-36(49)27-8-5-15-40-21-27/h4,7,10-12,19-20,24-25,27-28,34-35,40-41,48,52H,5-6,8-9,13-18,21-23H2,1-3H3,(H,42,49)(H,43,50)/t25-,27?,28?,34+,35-,39+/m1/s1. The van der Waals surface area contributed by atoms with Crippen molar-refractivity contribution in [3.63, 3.8) is 0 Å². The summed E-state index contributed by atoms with van der Waals surface area (Å²) in [6, 6.07) is 13.2. The van der Waals surface area contributed by atoms with Crippen molar-refractivity contribution in [1.29, 1.82) is 0 Å². The number of rotatable bonds is 12. The van der Waals surface area contributed by atoms with Gasteiger partial charge in [-0.3, -0.25) is 19.1 Å². The predicted octanol–water partition coefficient (Wildman–Crippen LogP) is 3.12. The molecule has 0 radical (unpaired) electrons. The van der Waals surface area contributed by atoms with Crippen molar-refractivity contribution in [1.82, 2.24) is 25.6 Å². The molecule has 1 spiro atoms. The maximum atomic E-state index is 15.1. The van der Waals surface area contributed by atoms with E-state index in [0.29, 0.717) is 60.8 Å². The highest BCUT2D eigenvalue weighted by molar-refractivity contribution is 6.71. The lowest BCUT2D eigenvalue weighted by Gasteiger charge is -2.32. The Morgan fingerprint density at radius 1 is 1.02 bits per heavy atom. The molecule has 2 aromatic carbocycles. The van der Waals surface area contributed by atoms with Gasteiger partial charge in [-0.25, -0.2) is 0 Å². The van der Waals surface area contributed by atoms with Gasteiger partial charge in [-0.1, -0.05) is 24.3 Å². The van der Waals surface area contributed by atoms with E-state index < -0.39 is 25.9 Å². The zero-order chi connectivity index (χ0) is 38.0. The molecule has 4 aliphatic heterocycles. The Bertz CT molecular complexity index is 1840. The number of carbonyl (C=O) groups excluding carboxylic acids is 3. The van der Waals surface area contributed by atoms with Crippen LogP contribution < -0.4 is 26.2 Å². The third-order valence-electron chi connectivity index (χ3n) is 11.7. The average Bonchev–Trinajstić information content (AvgIpc) is 3.81. The molecule has 6 atom stereocenters. The Labute approximate surface area is 317 Å². The third kappa shape index (κ3) is 7.75. The van der Waals surface area contributed by atoms with E-state index in [1.165, 1.54) is 0 Å². The van der Waals surface area contributed by atoms with Gasteiger partial charge in [0.25, 0.3) is 5.91 Å². The first-order valence-electron chi connectivity index (χ1n) is 19.5. The second-order valence-electron chi connectivity index (χ2n) is 16.0. The molecule has 0 saturated carbocycles. The normalized spacial score (nSPS) is 26.9. The second-order valence-corrected chi connectivity index (χ2v) is 20.0. The van der Waals surface area contributed by atoms with Crippen LogP contribution in [0.25, 0.3) is 0 Å². The first-order valence-corrected chi connectivity index (χ1v) is 22.5. The number of fused-ring (bicyclic) bond motifs is 2. The van der Waals surface area contributed by atoms with E-state index in [0.717, 1.165) is 44.3 Å². The van der Waals surface area contributed by atoms with E-state index in [4.69, 9.17) is 4.74 Å². The highest BCUT2D eigenvalue weighted by Gasteiger charge is 2.66. The number of aliphatic hydroxyl groups excluding tert-OH is 1. The molecule has 3 aromatic rings.